The molecule has 0 aliphatic carbocycles. The fourth-order valence-corrected chi connectivity index (χ4v) is 1.40. The molecule has 5 nitrogen and oxygen atoms in total. The fourth-order valence-electron chi connectivity index (χ4n) is 0.908. The van der Waals surface area contributed by atoms with E-state index in [-0.39, 0.29) is 12.5 Å². The Bertz CT molecular complexity index is 372. The first kappa shape index (κ1) is 10.6. The lowest BCUT2D eigenvalue weighted by atomic mass is 10.3. The molecule has 6 heteroatoms. The summed E-state index contributed by atoms with van der Waals surface area (Å²) in [4.78, 5) is 21.2. The Morgan fingerprint density at radius 2 is 2.43 bits per heavy atom. The third-order valence-electron chi connectivity index (χ3n) is 1.57. The van der Waals surface area contributed by atoms with Crippen LogP contribution in [0.3, 0.4) is 0 Å². The Morgan fingerprint density at radius 3 is 2.93 bits per heavy atom. The average molecular weight is 214 g/mol. The predicted octanol–water partition coefficient (Wildman–Crippen LogP) is -0.442. The molecule has 0 spiro atoms. The molecule has 1 unspecified atom stereocenters. The number of carbonyl (C=O) groups is 2. The van der Waals surface area contributed by atoms with Crippen molar-refractivity contribution in [1.29, 1.82) is 0 Å². The van der Waals surface area contributed by atoms with E-state index in [0.29, 0.717) is 11.8 Å². The van der Waals surface area contributed by atoms with Crippen LogP contribution in [0.4, 0.5) is 0 Å². The highest BCUT2D eigenvalue weighted by Crippen LogP contribution is 2.01. The van der Waals surface area contributed by atoms with Gasteiger partial charge in [-0.25, -0.2) is 4.21 Å². The highest BCUT2D eigenvalue weighted by molar-refractivity contribution is 7.82. The van der Waals surface area contributed by atoms with Crippen LogP contribution in [0.5, 0.6) is 0 Å². The van der Waals surface area contributed by atoms with Crippen LogP contribution in [0.25, 0.3) is 0 Å². The minimum atomic E-state index is -1.16. The molecule has 0 fully saturated rings. The molecule has 0 aliphatic heterocycles. The summed E-state index contributed by atoms with van der Waals surface area (Å²) in [5.41, 5.74) is 0.391. The third kappa shape index (κ3) is 2.53. The van der Waals surface area contributed by atoms with E-state index in [1.54, 1.807) is 12.3 Å². The van der Waals surface area contributed by atoms with Crippen molar-refractivity contribution in [2.75, 3.05) is 12.8 Å². The first-order valence-electron chi connectivity index (χ1n) is 3.89. The summed E-state index contributed by atoms with van der Waals surface area (Å²) in [7, 11) is -1.16. The number of carbonyl (C=O) groups excluding carboxylic acids is 2. The Morgan fingerprint density at radius 1 is 1.71 bits per heavy atom. The molecule has 1 amide bonds. The van der Waals surface area contributed by atoms with Gasteiger partial charge in [-0.05, 0) is 6.07 Å². The monoisotopic (exact) mass is 214 g/mol. The number of hydrogen-bond donors (Lipinski definition) is 1. The summed E-state index contributed by atoms with van der Waals surface area (Å²) in [6.07, 6.45) is 5.13. The van der Waals surface area contributed by atoms with Gasteiger partial charge in [0, 0.05) is 18.6 Å². The summed E-state index contributed by atoms with van der Waals surface area (Å²) in [5.74, 6) is -0.346. The Kier molecular flexibility index (Phi) is 3.58. The van der Waals surface area contributed by atoms with Crippen molar-refractivity contribution >= 4 is 23.2 Å². The normalized spacial score (nSPS) is 12.1. The molecule has 14 heavy (non-hydrogen) atoms. The molecule has 0 saturated heterocycles. The van der Waals surface area contributed by atoms with E-state index < -0.39 is 11.0 Å². The molecule has 0 aromatic carbocycles. The van der Waals surface area contributed by atoms with Crippen molar-refractivity contribution in [3.05, 3.63) is 24.0 Å². The van der Waals surface area contributed by atoms with Crippen molar-refractivity contribution in [1.82, 2.24) is 9.29 Å². The second-order valence-electron chi connectivity index (χ2n) is 2.56. The molecule has 76 valence electrons. The minimum absolute atomic E-state index is 0.0147. The Balaban J connectivity index is 2.71. The molecule has 1 N–H and O–H groups in total. The second-order valence-corrected chi connectivity index (χ2v) is 3.83. The number of nitrogens with zero attached hydrogens (tertiary/aromatic N) is 1. The summed E-state index contributed by atoms with van der Waals surface area (Å²) < 4.78 is 12.4. The van der Waals surface area contributed by atoms with Crippen LogP contribution in [0.2, 0.25) is 0 Å². The topological polar surface area (TPSA) is 68.2 Å². The lowest BCUT2D eigenvalue weighted by Gasteiger charge is -1.97. The molecule has 1 rings (SSSR count). The molecule has 0 aliphatic rings. The van der Waals surface area contributed by atoms with Gasteiger partial charge in [0.05, 0.1) is 12.1 Å². The van der Waals surface area contributed by atoms with E-state index in [9.17, 15) is 13.8 Å². The van der Waals surface area contributed by atoms with Gasteiger partial charge >= 0.3 is 0 Å². The highest BCUT2D eigenvalue weighted by Gasteiger charge is 2.06. The maximum Gasteiger partial charge on any atom is 0.253 e. The van der Waals surface area contributed by atoms with Crippen LogP contribution in [0.15, 0.2) is 18.5 Å². The number of aromatic nitrogens is 1. The number of rotatable bonds is 4. The lowest BCUT2D eigenvalue weighted by Crippen LogP contribution is -2.24. The Labute approximate surface area is 83.7 Å². The van der Waals surface area contributed by atoms with Crippen molar-refractivity contribution in [3.8, 4) is 0 Å². The van der Waals surface area contributed by atoms with Crippen LogP contribution in [0.1, 0.15) is 10.4 Å². The van der Waals surface area contributed by atoms with Crippen LogP contribution in [-0.2, 0) is 15.8 Å². The van der Waals surface area contributed by atoms with Gasteiger partial charge in [-0.15, -0.1) is 0 Å². The molecule has 1 aromatic rings. The van der Waals surface area contributed by atoms with Crippen molar-refractivity contribution in [2.24, 2.45) is 0 Å². The number of amides is 1. The van der Waals surface area contributed by atoms with Gasteiger partial charge in [0.15, 0.2) is 0 Å². The molecule has 1 aromatic heterocycles. The van der Waals surface area contributed by atoms with E-state index in [2.05, 4.69) is 5.32 Å². The predicted molar refractivity (Wildman–Crippen MR) is 52.3 cm³/mol. The van der Waals surface area contributed by atoms with Gasteiger partial charge in [-0.1, -0.05) is 0 Å². The number of nitrogens with one attached hydrogen (secondary N) is 1. The first-order valence-corrected chi connectivity index (χ1v) is 5.40. The van der Waals surface area contributed by atoms with Crippen LogP contribution < -0.4 is 5.32 Å². The highest BCUT2D eigenvalue weighted by atomic mass is 32.2. The van der Waals surface area contributed by atoms with Gasteiger partial charge in [0.2, 0.25) is 0 Å². The van der Waals surface area contributed by atoms with Crippen molar-refractivity contribution in [2.45, 2.75) is 0 Å². The standard InChI is InChI=1S/C8H10N2O3S/c1-14(13)10-4-2-7(6-10)8(12)9-3-5-11/h2,4-6H,3H2,1H3,(H,9,12). The van der Waals surface area contributed by atoms with E-state index in [1.165, 1.54) is 16.4 Å². The quantitative estimate of drug-likeness (QED) is 0.691. The zero-order valence-electron chi connectivity index (χ0n) is 7.60. The summed E-state index contributed by atoms with van der Waals surface area (Å²) in [6.45, 7) is -0.0147. The molecule has 0 bridgehead atoms. The van der Waals surface area contributed by atoms with Gasteiger partial charge < -0.3 is 10.1 Å². The zero-order chi connectivity index (χ0) is 10.6. The van der Waals surface area contributed by atoms with Gasteiger partial charge in [-0.2, -0.15) is 0 Å². The fraction of sp³-hybridized carbons (Fsp3) is 0.250. The van der Waals surface area contributed by atoms with Crippen molar-refractivity contribution in [3.63, 3.8) is 0 Å². The molecule has 0 saturated carbocycles. The summed E-state index contributed by atoms with van der Waals surface area (Å²) in [6, 6.07) is 1.54. The van der Waals surface area contributed by atoms with Crippen LogP contribution in [-0.4, -0.2) is 33.2 Å². The average Bonchev–Trinajstić information content (AvgIpc) is 2.62. The summed E-state index contributed by atoms with van der Waals surface area (Å²) >= 11 is 0. The van der Waals surface area contributed by atoms with E-state index in [0.717, 1.165) is 0 Å². The molecule has 0 radical (unpaired) electrons. The molecular formula is C8H10N2O3S. The maximum atomic E-state index is 11.3. The minimum Gasteiger partial charge on any atom is -0.345 e. The smallest absolute Gasteiger partial charge is 0.253 e. The van der Waals surface area contributed by atoms with E-state index in [4.69, 9.17) is 0 Å². The second kappa shape index (κ2) is 4.71. The number of aldehydes is 1. The van der Waals surface area contributed by atoms with Crippen LogP contribution >= 0.6 is 0 Å². The van der Waals surface area contributed by atoms with Gasteiger partial charge in [0.1, 0.15) is 17.3 Å². The lowest BCUT2D eigenvalue weighted by molar-refractivity contribution is -0.107. The van der Waals surface area contributed by atoms with Gasteiger partial charge in [0.25, 0.3) is 5.91 Å². The first-order chi connectivity index (χ1) is 6.65. The van der Waals surface area contributed by atoms with Crippen LogP contribution in [0, 0.1) is 0 Å². The zero-order valence-corrected chi connectivity index (χ0v) is 8.41. The molecular weight excluding hydrogens is 204 g/mol. The molecule has 1 heterocycles. The summed E-state index contributed by atoms with van der Waals surface area (Å²) in [5, 5.41) is 2.38. The van der Waals surface area contributed by atoms with E-state index in [1.807, 2.05) is 0 Å². The third-order valence-corrected chi connectivity index (χ3v) is 2.39. The Hall–Kier alpha value is -1.43. The maximum absolute atomic E-state index is 11.3. The van der Waals surface area contributed by atoms with Gasteiger partial charge in [-0.3, -0.25) is 8.77 Å². The van der Waals surface area contributed by atoms with E-state index >= 15 is 0 Å². The number of hydrogen-bond acceptors (Lipinski definition) is 3. The molecule has 1 atom stereocenters. The van der Waals surface area contributed by atoms with Crippen molar-refractivity contribution < 1.29 is 13.8 Å². The SMILES string of the molecule is CS(=O)n1ccc(C(=O)NCC=O)c1. The largest absolute Gasteiger partial charge is 0.345 e.